The van der Waals surface area contributed by atoms with Gasteiger partial charge in [-0.05, 0) is 63.9 Å². The lowest BCUT2D eigenvalue weighted by Gasteiger charge is -2.29. The Morgan fingerprint density at radius 2 is 1.67 bits per heavy atom. The van der Waals surface area contributed by atoms with E-state index in [1.54, 1.807) is 58.2 Å². The number of ether oxygens (including phenoxy) is 2. The van der Waals surface area contributed by atoms with Gasteiger partial charge in [0.15, 0.2) is 6.29 Å². The molecule has 0 aliphatic carbocycles. The number of hydrogen-bond donors (Lipinski definition) is 1. The van der Waals surface area contributed by atoms with Gasteiger partial charge < -0.3 is 19.7 Å². The average Bonchev–Trinajstić information content (AvgIpc) is 3.52. The number of aldehydes is 1. The highest BCUT2D eigenvalue weighted by Crippen LogP contribution is 2.42. The van der Waals surface area contributed by atoms with Crippen molar-refractivity contribution >= 4 is 47.1 Å². The SMILES string of the molecule is COc1nc(-c2cccc(-c3cccc(-c4ccn5c(=O)c(CN(C[C@H]6CCC(=O)N6)C(=O)OC(C)(C)C)c(C)nc5c4)c3Cl)c2Cl)ccc1C=O. The highest BCUT2D eigenvalue weighted by molar-refractivity contribution is 6.39. The van der Waals surface area contributed by atoms with Crippen molar-refractivity contribution in [2.45, 2.75) is 58.7 Å². The molecule has 0 spiro atoms. The van der Waals surface area contributed by atoms with E-state index in [-0.39, 0.29) is 36.5 Å². The van der Waals surface area contributed by atoms with Crippen LogP contribution in [0.3, 0.4) is 0 Å². The van der Waals surface area contributed by atoms with Crippen LogP contribution in [0.1, 0.15) is 55.2 Å². The molecule has 13 heteroatoms. The number of carbonyl (C=O) groups is 3. The van der Waals surface area contributed by atoms with Crippen LogP contribution in [0.5, 0.6) is 5.88 Å². The minimum atomic E-state index is -0.751. The summed E-state index contributed by atoms with van der Waals surface area (Å²) in [6.07, 6.45) is 2.69. The molecule has 1 N–H and O–H groups in total. The van der Waals surface area contributed by atoms with E-state index in [1.165, 1.54) is 16.4 Å². The Bertz CT molecular complexity index is 2280. The third-order valence-electron chi connectivity index (χ3n) is 8.74. The lowest BCUT2D eigenvalue weighted by Crippen LogP contribution is -2.44. The largest absolute Gasteiger partial charge is 0.480 e. The number of aromatic nitrogens is 3. The van der Waals surface area contributed by atoms with Crippen molar-refractivity contribution in [1.29, 1.82) is 0 Å². The molecule has 1 aliphatic heterocycles. The molecule has 6 rings (SSSR count). The van der Waals surface area contributed by atoms with Crippen LogP contribution in [0.15, 0.2) is 71.7 Å². The molecule has 52 heavy (non-hydrogen) atoms. The maximum absolute atomic E-state index is 13.9. The molecule has 2 amide bonds. The quantitative estimate of drug-likeness (QED) is 0.153. The molecule has 11 nitrogen and oxygen atoms in total. The Kier molecular flexibility index (Phi) is 10.4. The van der Waals surface area contributed by atoms with E-state index in [4.69, 9.17) is 37.7 Å². The first-order valence-corrected chi connectivity index (χ1v) is 17.4. The maximum Gasteiger partial charge on any atom is 0.410 e. The lowest BCUT2D eigenvalue weighted by atomic mass is 9.97. The number of carbonyl (C=O) groups excluding carboxylic acids is 3. The number of rotatable bonds is 9. The number of halogens is 2. The van der Waals surface area contributed by atoms with E-state index in [9.17, 15) is 19.2 Å². The van der Waals surface area contributed by atoms with Crippen molar-refractivity contribution in [1.82, 2.24) is 24.6 Å². The Morgan fingerprint density at radius 3 is 2.31 bits per heavy atom. The standard InChI is InChI=1S/C39H37Cl2N5O6/c1-22-30(20-45(38(50)52-39(2,3)4)19-25-13-15-33(48)43-25)37(49)46-17-16-23(18-32(46)42-22)26-8-6-9-27(34(26)40)28-10-7-11-29(35(28)41)31-14-12-24(21-47)36(44-31)51-5/h6-12,14,16-18,21,25H,13,15,19-20H2,1-5H3,(H,43,48)/t25-/m1/s1. The van der Waals surface area contributed by atoms with Crippen molar-refractivity contribution in [2.75, 3.05) is 13.7 Å². The summed E-state index contributed by atoms with van der Waals surface area (Å²) in [6, 6.07) is 17.8. The van der Waals surface area contributed by atoms with E-state index >= 15 is 0 Å². The number of benzene rings is 2. The van der Waals surface area contributed by atoms with Crippen molar-refractivity contribution in [3.63, 3.8) is 0 Å². The van der Waals surface area contributed by atoms with Gasteiger partial charge in [-0.15, -0.1) is 0 Å². The zero-order chi connectivity index (χ0) is 37.3. The zero-order valence-corrected chi connectivity index (χ0v) is 30.8. The summed E-state index contributed by atoms with van der Waals surface area (Å²) in [6.45, 7) is 7.20. The van der Waals surface area contributed by atoms with E-state index < -0.39 is 11.7 Å². The number of methoxy groups -OCH3 is 1. The molecular formula is C39H37Cl2N5O6. The number of amides is 2. The molecular weight excluding hydrogens is 705 g/mol. The molecule has 0 saturated carbocycles. The maximum atomic E-state index is 13.9. The third-order valence-corrected chi connectivity index (χ3v) is 9.56. The molecule has 1 atom stereocenters. The minimum Gasteiger partial charge on any atom is -0.480 e. The average molecular weight is 743 g/mol. The van der Waals surface area contributed by atoms with Gasteiger partial charge in [0, 0.05) is 47.5 Å². The molecule has 1 fully saturated rings. The molecule has 2 aromatic carbocycles. The Hall–Kier alpha value is -5.26. The summed E-state index contributed by atoms with van der Waals surface area (Å²) in [5, 5.41) is 3.74. The summed E-state index contributed by atoms with van der Waals surface area (Å²) in [7, 11) is 1.45. The summed E-state index contributed by atoms with van der Waals surface area (Å²) in [5.74, 6) is 0.122. The van der Waals surface area contributed by atoms with Gasteiger partial charge in [-0.2, -0.15) is 0 Å². The first-order chi connectivity index (χ1) is 24.8. The van der Waals surface area contributed by atoms with Crippen molar-refractivity contribution < 1.29 is 23.9 Å². The predicted octanol–water partition coefficient (Wildman–Crippen LogP) is 7.54. The zero-order valence-electron chi connectivity index (χ0n) is 29.3. The van der Waals surface area contributed by atoms with Gasteiger partial charge in [0.1, 0.15) is 11.2 Å². The number of aryl methyl sites for hydroxylation is 1. The number of fused-ring (bicyclic) bond motifs is 1. The molecule has 0 bridgehead atoms. The van der Waals surface area contributed by atoms with Crippen LogP contribution in [0.25, 0.3) is 39.2 Å². The normalized spacial score (nSPS) is 14.3. The van der Waals surface area contributed by atoms with Crippen LogP contribution in [0.4, 0.5) is 4.79 Å². The van der Waals surface area contributed by atoms with E-state index in [0.717, 1.165) is 5.56 Å². The van der Waals surface area contributed by atoms with E-state index in [0.29, 0.717) is 79.6 Å². The Balaban J connectivity index is 1.34. The topological polar surface area (TPSA) is 132 Å². The summed E-state index contributed by atoms with van der Waals surface area (Å²) in [4.78, 5) is 61.1. The van der Waals surface area contributed by atoms with Gasteiger partial charge in [-0.1, -0.05) is 59.6 Å². The number of nitrogens with one attached hydrogen (secondary N) is 1. The van der Waals surface area contributed by atoms with Gasteiger partial charge >= 0.3 is 6.09 Å². The molecule has 268 valence electrons. The van der Waals surface area contributed by atoms with Crippen LogP contribution in [-0.4, -0.2) is 62.9 Å². The number of hydrogen-bond acceptors (Lipinski definition) is 8. The second-order valence-corrected chi connectivity index (χ2v) is 14.3. The number of nitrogens with zero attached hydrogens (tertiary/aromatic N) is 4. The molecule has 4 heterocycles. The molecule has 0 unspecified atom stereocenters. The van der Waals surface area contributed by atoms with Gasteiger partial charge in [0.05, 0.1) is 46.2 Å². The Morgan fingerprint density at radius 1 is 1.00 bits per heavy atom. The Labute approximate surface area is 310 Å². The summed E-state index contributed by atoms with van der Waals surface area (Å²) < 4.78 is 12.4. The highest BCUT2D eigenvalue weighted by atomic mass is 35.5. The van der Waals surface area contributed by atoms with Gasteiger partial charge in [-0.25, -0.2) is 14.8 Å². The fourth-order valence-electron chi connectivity index (χ4n) is 6.19. The third kappa shape index (κ3) is 7.51. The highest BCUT2D eigenvalue weighted by Gasteiger charge is 2.30. The van der Waals surface area contributed by atoms with Crippen LogP contribution in [0.2, 0.25) is 10.0 Å². The van der Waals surface area contributed by atoms with Crippen molar-refractivity contribution in [3.8, 4) is 39.4 Å². The summed E-state index contributed by atoms with van der Waals surface area (Å²) >= 11 is 14.1. The van der Waals surface area contributed by atoms with Gasteiger partial charge in [-0.3, -0.25) is 18.8 Å². The smallest absolute Gasteiger partial charge is 0.410 e. The second-order valence-electron chi connectivity index (χ2n) is 13.5. The van der Waals surface area contributed by atoms with Crippen LogP contribution in [0, 0.1) is 6.92 Å². The van der Waals surface area contributed by atoms with Crippen LogP contribution in [-0.2, 0) is 16.1 Å². The molecule has 3 aromatic heterocycles. The van der Waals surface area contributed by atoms with Crippen molar-refractivity contribution in [3.05, 3.63) is 104 Å². The van der Waals surface area contributed by atoms with Crippen LogP contribution < -0.4 is 15.6 Å². The van der Waals surface area contributed by atoms with E-state index in [1.807, 2.05) is 36.4 Å². The second kappa shape index (κ2) is 14.8. The molecule has 5 aromatic rings. The molecule has 0 radical (unpaired) electrons. The lowest BCUT2D eigenvalue weighted by molar-refractivity contribution is -0.119. The molecule has 1 saturated heterocycles. The monoisotopic (exact) mass is 741 g/mol. The van der Waals surface area contributed by atoms with Crippen molar-refractivity contribution in [2.24, 2.45) is 0 Å². The predicted molar refractivity (Wildman–Crippen MR) is 200 cm³/mol. The number of pyridine rings is 2. The fraction of sp³-hybridized carbons (Fsp3) is 0.282. The first kappa shape index (κ1) is 36.5. The van der Waals surface area contributed by atoms with Crippen LogP contribution >= 0.6 is 23.2 Å². The summed E-state index contributed by atoms with van der Waals surface area (Å²) in [5.41, 5.74) is 4.38. The van der Waals surface area contributed by atoms with Gasteiger partial charge in [0.25, 0.3) is 5.56 Å². The first-order valence-electron chi connectivity index (χ1n) is 16.7. The molecule has 1 aliphatic rings. The van der Waals surface area contributed by atoms with E-state index in [2.05, 4.69) is 10.3 Å². The fourth-order valence-corrected chi connectivity index (χ4v) is 6.85. The minimum absolute atomic E-state index is 0.0408. The van der Waals surface area contributed by atoms with Gasteiger partial charge in [0.2, 0.25) is 11.8 Å².